The SMILES string of the molecule is NC(=O)C1(CC2=Cc3ccccc3NC2)CC1. The predicted octanol–water partition coefficient (Wildman–Crippen LogP) is 2.15. The highest BCUT2D eigenvalue weighted by molar-refractivity contribution is 5.84. The molecule has 0 bridgehead atoms. The van der Waals surface area contributed by atoms with Crippen molar-refractivity contribution in [3.8, 4) is 0 Å². The zero-order valence-corrected chi connectivity index (χ0v) is 9.70. The Labute approximate surface area is 101 Å². The van der Waals surface area contributed by atoms with Crippen LogP contribution in [0, 0.1) is 5.41 Å². The molecule has 1 saturated carbocycles. The molecule has 0 aromatic heterocycles. The Balaban J connectivity index is 1.83. The van der Waals surface area contributed by atoms with E-state index in [1.165, 1.54) is 16.8 Å². The average Bonchev–Trinajstić information content (AvgIpc) is 3.10. The molecular weight excluding hydrogens is 212 g/mol. The van der Waals surface area contributed by atoms with E-state index in [1.807, 2.05) is 12.1 Å². The fourth-order valence-corrected chi connectivity index (χ4v) is 2.47. The summed E-state index contributed by atoms with van der Waals surface area (Å²) in [5.41, 5.74) is 8.87. The van der Waals surface area contributed by atoms with Crippen molar-refractivity contribution in [3.05, 3.63) is 35.4 Å². The molecule has 3 N–H and O–H groups in total. The van der Waals surface area contributed by atoms with Crippen LogP contribution in [0.3, 0.4) is 0 Å². The van der Waals surface area contributed by atoms with Gasteiger partial charge in [-0.1, -0.05) is 24.3 Å². The number of hydrogen-bond donors (Lipinski definition) is 2. The van der Waals surface area contributed by atoms with Gasteiger partial charge in [-0.15, -0.1) is 0 Å². The van der Waals surface area contributed by atoms with Gasteiger partial charge in [0.2, 0.25) is 5.91 Å². The molecule has 3 heteroatoms. The minimum atomic E-state index is -0.236. The van der Waals surface area contributed by atoms with E-state index < -0.39 is 0 Å². The Morgan fingerprint density at radius 3 is 2.82 bits per heavy atom. The molecule has 0 spiro atoms. The van der Waals surface area contributed by atoms with E-state index in [4.69, 9.17) is 5.73 Å². The lowest BCUT2D eigenvalue weighted by atomic mass is 9.92. The summed E-state index contributed by atoms with van der Waals surface area (Å²) in [6.07, 6.45) is 4.89. The maximum Gasteiger partial charge on any atom is 0.223 e. The summed E-state index contributed by atoms with van der Waals surface area (Å²) in [6, 6.07) is 8.21. The third-order valence-corrected chi connectivity index (χ3v) is 3.77. The van der Waals surface area contributed by atoms with Gasteiger partial charge in [-0.2, -0.15) is 0 Å². The number of carbonyl (C=O) groups is 1. The first-order valence-corrected chi connectivity index (χ1v) is 6.02. The highest BCUT2D eigenvalue weighted by Crippen LogP contribution is 2.50. The maximum absolute atomic E-state index is 11.4. The van der Waals surface area contributed by atoms with Crippen LogP contribution in [0.5, 0.6) is 0 Å². The minimum absolute atomic E-state index is 0.141. The van der Waals surface area contributed by atoms with Gasteiger partial charge in [0.1, 0.15) is 0 Å². The zero-order chi connectivity index (χ0) is 11.9. The zero-order valence-electron chi connectivity index (χ0n) is 9.70. The number of hydrogen-bond acceptors (Lipinski definition) is 2. The summed E-state index contributed by atoms with van der Waals surface area (Å²) in [4.78, 5) is 11.4. The van der Waals surface area contributed by atoms with Crippen molar-refractivity contribution in [2.24, 2.45) is 11.1 Å². The van der Waals surface area contributed by atoms with Crippen LogP contribution in [-0.4, -0.2) is 12.5 Å². The second-order valence-corrected chi connectivity index (χ2v) is 5.06. The van der Waals surface area contributed by atoms with Crippen molar-refractivity contribution >= 4 is 17.7 Å². The second kappa shape index (κ2) is 3.62. The molecule has 1 aliphatic heterocycles. The highest BCUT2D eigenvalue weighted by atomic mass is 16.1. The van der Waals surface area contributed by atoms with Crippen molar-refractivity contribution in [1.82, 2.24) is 0 Å². The minimum Gasteiger partial charge on any atom is -0.381 e. The standard InChI is InChI=1S/C14H16N2O/c15-13(17)14(5-6-14)8-10-7-11-3-1-2-4-12(11)16-9-10/h1-4,7,16H,5-6,8-9H2,(H2,15,17). The molecule has 2 aliphatic rings. The van der Waals surface area contributed by atoms with E-state index in [1.54, 1.807) is 0 Å². The number of nitrogens with one attached hydrogen (secondary N) is 1. The van der Waals surface area contributed by atoms with E-state index in [0.717, 1.165) is 25.8 Å². The molecule has 1 fully saturated rings. The molecule has 0 unspecified atom stereocenters. The van der Waals surface area contributed by atoms with E-state index >= 15 is 0 Å². The number of rotatable bonds is 3. The number of nitrogens with two attached hydrogens (primary N) is 1. The topological polar surface area (TPSA) is 55.1 Å². The van der Waals surface area contributed by atoms with Crippen molar-refractivity contribution in [2.75, 3.05) is 11.9 Å². The molecule has 1 heterocycles. The molecule has 0 saturated heterocycles. The van der Waals surface area contributed by atoms with Crippen molar-refractivity contribution in [3.63, 3.8) is 0 Å². The Bertz CT molecular complexity index is 501. The third-order valence-electron chi connectivity index (χ3n) is 3.77. The van der Waals surface area contributed by atoms with Crippen molar-refractivity contribution in [2.45, 2.75) is 19.3 Å². The molecule has 1 aliphatic carbocycles. The molecule has 1 amide bonds. The number of benzene rings is 1. The number of carbonyl (C=O) groups excluding carboxylic acids is 1. The number of para-hydroxylation sites is 1. The Morgan fingerprint density at radius 1 is 1.35 bits per heavy atom. The molecule has 17 heavy (non-hydrogen) atoms. The molecule has 1 aromatic rings. The monoisotopic (exact) mass is 228 g/mol. The van der Waals surface area contributed by atoms with Gasteiger partial charge in [-0.25, -0.2) is 0 Å². The van der Waals surface area contributed by atoms with Gasteiger partial charge in [0.25, 0.3) is 0 Å². The number of amides is 1. The van der Waals surface area contributed by atoms with Crippen LogP contribution in [-0.2, 0) is 4.79 Å². The van der Waals surface area contributed by atoms with Gasteiger partial charge < -0.3 is 11.1 Å². The van der Waals surface area contributed by atoms with Crippen LogP contribution < -0.4 is 11.1 Å². The van der Waals surface area contributed by atoms with Crippen LogP contribution >= 0.6 is 0 Å². The van der Waals surface area contributed by atoms with Crippen LogP contribution in [0.4, 0.5) is 5.69 Å². The molecule has 1 aromatic carbocycles. The quantitative estimate of drug-likeness (QED) is 0.832. The maximum atomic E-state index is 11.4. The molecule has 88 valence electrons. The fraction of sp³-hybridized carbons (Fsp3) is 0.357. The fourth-order valence-electron chi connectivity index (χ4n) is 2.47. The van der Waals surface area contributed by atoms with E-state index in [0.29, 0.717) is 0 Å². The van der Waals surface area contributed by atoms with Gasteiger partial charge in [0.15, 0.2) is 0 Å². The first-order valence-electron chi connectivity index (χ1n) is 6.02. The van der Waals surface area contributed by atoms with Gasteiger partial charge in [0, 0.05) is 12.2 Å². The van der Waals surface area contributed by atoms with Gasteiger partial charge in [-0.05, 0) is 36.5 Å². The summed E-state index contributed by atoms with van der Waals surface area (Å²) < 4.78 is 0. The smallest absolute Gasteiger partial charge is 0.223 e. The van der Waals surface area contributed by atoms with Gasteiger partial charge in [0.05, 0.1) is 5.41 Å². The Morgan fingerprint density at radius 2 is 2.12 bits per heavy atom. The number of anilines is 1. The summed E-state index contributed by atoms with van der Waals surface area (Å²) in [7, 11) is 0. The molecule has 3 nitrogen and oxygen atoms in total. The Kier molecular flexibility index (Phi) is 2.21. The summed E-state index contributed by atoms with van der Waals surface area (Å²) in [6.45, 7) is 0.825. The van der Waals surface area contributed by atoms with E-state index in [9.17, 15) is 4.79 Å². The summed E-state index contributed by atoms with van der Waals surface area (Å²) >= 11 is 0. The lowest BCUT2D eigenvalue weighted by Crippen LogP contribution is -2.26. The molecule has 0 atom stereocenters. The lowest BCUT2D eigenvalue weighted by molar-refractivity contribution is -0.123. The van der Waals surface area contributed by atoms with Crippen LogP contribution in [0.2, 0.25) is 0 Å². The largest absolute Gasteiger partial charge is 0.381 e. The highest BCUT2D eigenvalue weighted by Gasteiger charge is 2.48. The van der Waals surface area contributed by atoms with Crippen LogP contribution in [0.25, 0.3) is 6.08 Å². The molecule has 0 radical (unpaired) electrons. The number of fused-ring (bicyclic) bond motifs is 1. The number of primary amides is 1. The first-order chi connectivity index (χ1) is 8.20. The second-order valence-electron chi connectivity index (χ2n) is 5.06. The van der Waals surface area contributed by atoms with Crippen LogP contribution in [0.15, 0.2) is 29.8 Å². The molecular formula is C14H16N2O. The molecule has 3 rings (SSSR count). The van der Waals surface area contributed by atoms with E-state index in [-0.39, 0.29) is 11.3 Å². The van der Waals surface area contributed by atoms with Gasteiger partial charge in [-0.3, -0.25) is 4.79 Å². The summed E-state index contributed by atoms with van der Waals surface area (Å²) in [5.74, 6) is -0.141. The van der Waals surface area contributed by atoms with Crippen molar-refractivity contribution < 1.29 is 4.79 Å². The summed E-state index contributed by atoms with van der Waals surface area (Å²) in [5, 5.41) is 3.38. The Hall–Kier alpha value is -1.77. The first kappa shape index (κ1) is 10.4. The normalized spacial score (nSPS) is 19.9. The third kappa shape index (κ3) is 1.82. The predicted molar refractivity (Wildman–Crippen MR) is 68.4 cm³/mol. The van der Waals surface area contributed by atoms with E-state index in [2.05, 4.69) is 23.5 Å². The van der Waals surface area contributed by atoms with Crippen LogP contribution in [0.1, 0.15) is 24.8 Å². The average molecular weight is 228 g/mol. The lowest BCUT2D eigenvalue weighted by Gasteiger charge is -2.21. The van der Waals surface area contributed by atoms with Crippen molar-refractivity contribution in [1.29, 1.82) is 0 Å². The van der Waals surface area contributed by atoms with Gasteiger partial charge >= 0.3 is 0 Å².